The third-order valence-corrected chi connectivity index (χ3v) is 3.10. The van der Waals surface area contributed by atoms with Crippen LogP contribution in [0, 0.1) is 3.70 Å². The normalized spacial score (nSPS) is 11.1. The number of aromatic nitrogens is 2. The van der Waals surface area contributed by atoms with Crippen molar-refractivity contribution in [3.63, 3.8) is 0 Å². The Kier molecular flexibility index (Phi) is 3.44. The molecule has 0 aliphatic heterocycles. The van der Waals surface area contributed by atoms with Gasteiger partial charge in [0.15, 0.2) is 0 Å². The van der Waals surface area contributed by atoms with Crippen LogP contribution in [0.2, 0.25) is 5.02 Å². The first-order valence-electron chi connectivity index (χ1n) is 4.37. The first-order valence-corrected chi connectivity index (χ1v) is 5.83. The third-order valence-electron chi connectivity index (χ3n) is 2.08. The van der Waals surface area contributed by atoms with E-state index in [-0.39, 0.29) is 5.69 Å². The summed E-state index contributed by atoms with van der Waals surface area (Å²) in [4.78, 5) is 0. The smallest absolute Gasteiger partial charge is 0.275 e. The first kappa shape index (κ1) is 11.8. The number of hydrogen-bond acceptors (Lipinski definition) is 1. The van der Waals surface area contributed by atoms with Gasteiger partial charge < -0.3 is 0 Å². The second-order valence-corrected chi connectivity index (χ2v) is 4.57. The van der Waals surface area contributed by atoms with E-state index in [1.807, 2.05) is 22.6 Å². The molecule has 6 heteroatoms. The van der Waals surface area contributed by atoms with Gasteiger partial charge in [-0.2, -0.15) is 5.10 Å². The second kappa shape index (κ2) is 4.67. The number of alkyl halides is 2. The van der Waals surface area contributed by atoms with Crippen molar-refractivity contribution in [3.05, 3.63) is 38.7 Å². The lowest BCUT2D eigenvalue weighted by molar-refractivity contribution is 0.146. The molecule has 1 aromatic carbocycles. The van der Waals surface area contributed by atoms with Crippen LogP contribution in [0.25, 0.3) is 11.1 Å². The summed E-state index contributed by atoms with van der Waals surface area (Å²) in [5.41, 5.74) is 0.880. The Balaban J connectivity index is 2.59. The SMILES string of the molecule is FC(F)c1[nH]nc(I)c1-c1cccc(Cl)c1. The van der Waals surface area contributed by atoms with E-state index in [1.165, 1.54) is 0 Å². The van der Waals surface area contributed by atoms with E-state index in [9.17, 15) is 8.78 Å². The fourth-order valence-corrected chi connectivity index (χ4v) is 2.32. The summed E-state index contributed by atoms with van der Waals surface area (Å²) in [5.74, 6) is 0. The molecule has 1 heterocycles. The van der Waals surface area contributed by atoms with Gasteiger partial charge in [0.1, 0.15) is 9.39 Å². The Morgan fingerprint density at radius 1 is 1.38 bits per heavy atom. The number of nitrogens with zero attached hydrogens (tertiary/aromatic N) is 1. The standard InChI is InChI=1S/C10H6ClF2IN2/c11-6-3-1-2-5(4-6)7-8(9(12)13)15-16-10(7)14/h1-4,9H,(H,15,16). The van der Waals surface area contributed by atoms with Gasteiger partial charge in [-0.1, -0.05) is 23.7 Å². The number of halogens is 4. The highest BCUT2D eigenvalue weighted by molar-refractivity contribution is 14.1. The van der Waals surface area contributed by atoms with Crippen LogP contribution in [-0.4, -0.2) is 10.2 Å². The van der Waals surface area contributed by atoms with E-state index in [2.05, 4.69) is 10.2 Å². The number of rotatable bonds is 2. The fraction of sp³-hybridized carbons (Fsp3) is 0.100. The predicted molar refractivity (Wildman–Crippen MR) is 66.7 cm³/mol. The highest BCUT2D eigenvalue weighted by Crippen LogP contribution is 2.33. The molecule has 2 rings (SSSR count). The molecule has 84 valence electrons. The van der Waals surface area contributed by atoms with Crippen LogP contribution in [-0.2, 0) is 0 Å². The average Bonchev–Trinajstić information content (AvgIpc) is 2.60. The zero-order valence-corrected chi connectivity index (χ0v) is 10.8. The van der Waals surface area contributed by atoms with Crippen LogP contribution in [0.5, 0.6) is 0 Å². The van der Waals surface area contributed by atoms with Crippen molar-refractivity contribution in [2.75, 3.05) is 0 Å². The molecular weight excluding hydrogens is 348 g/mol. The minimum atomic E-state index is -2.58. The second-order valence-electron chi connectivity index (χ2n) is 3.11. The fourth-order valence-electron chi connectivity index (χ4n) is 1.41. The maximum Gasteiger partial charge on any atom is 0.280 e. The third kappa shape index (κ3) is 2.20. The predicted octanol–water partition coefficient (Wildman–Crippen LogP) is 4.27. The minimum Gasteiger partial charge on any atom is -0.275 e. The van der Waals surface area contributed by atoms with Gasteiger partial charge in [0.2, 0.25) is 0 Å². The number of nitrogens with one attached hydrogen (secondary N) is 1. The Bertz CT molecular complexity index is 513. The Hall–Kier alpha value is -0.690. The molecule has 0 aliphatic rings. The van der Waals surface area contributed by atoms with E-state index < -0.39 is 6.43 Å². The molecule has 2 nitrogen and oxygen atoms in total. The van der Waals surface area contributed by atoms with Crippen LogP contribution in [0.4, 0.5) is 8.78 Å². The molecule has 2 aromatic rings. The maximum absolute atomic E-state index is 12.7. The first-order chi connectivity index (χ1) is 7.59. The summed E-state index contributed by atoms with van der Waals surface area (Å²) in [7, 11) is 0. The van der Waals surface area contributed by atoms with Gasteiger partial charge in [0, 0.05) is 10.6 Å². The zero-order chi connectivity index (χ0) is 11.7. The maximum atomic E-state index is 12.7. The van der Waals surface area contributed by atoms with Gasteiger partial charge in [-0.15, -0.1) is 0 Å². The molecule has 1 N–H and O–H groups in total. The molecule has 0 amide bonds. The summed E-state index contributed by atoms with van der Waals surface area (Å²) in [6.07, 6.45) is -2.58. The molecule has 0 saturated carbocycles. The van der Waals surface area contributed by atoms with Crippen LogP contribution in [0.15, 0.2) is 24.3 Å². The van der Waals surface area contributed by atoms with Crippen LogP contribution >= 0.6 is 34.2 Å². The van der Waals surface area contributed by atoms with Gasteiger partial charge in [-0.05, 0) is 40.3 Å². The molecule has 16 heavy (non-hydrogen) atoms. The van der Waals surface area contributed by atoms with Gasteiger partial charge in [-0.25, -0.2) is 8.78 Å². The number of benzene rings is 1. The Morgan fingerprint density at radius 2 is 2.12 bits per heavy atom. The lowest BCUT2D eigenvalue weighted by Crippen LogP contribution is -1.89. The van der Waals surface area contributed by atoms with Crippen molar-refractivity contribution < 1.29 is 8.78 Å². The quantitative estimate of drug-likeness (QED) is 0.802. The van der Waals surface area contributed by atoms with Crippen LogP contribution < -0.4 is 0 Å². The number of H-pyrrole nitrogens is 1. The van der Waals surface area contributed by atoms with Crippen molar-refractivity contribution in [2.24, 2.45) is 0 Å². The average molecular weight is 355 g/mol. The molecule has 0 aliphatic carbocycles. The molecule has 0 spiro atoms. The van der Waals surface area contributed by atoms with Crippen LogP contribution in [0.3, 0.4) is 0 Å². The summed E-state index contributed by atoms with van der Waals surface area (Å²) in [6.45, 7) is 0. The van der Waals surface area contributed by atoms with Crippen molar-refractivity contribution >= 4 is 34.2 Å². The Labute approximate surface area is 109 Å². The molecular formula is C10H6ClF2IN2. The van der Waals surface area contributed by atoms with E-state index in [0.29, 0.717) is 19.9 Å². The van der Waals surface area contributed by atoms with Gasteiger partial charge in [0.25, 0.3) is 6.43 Å². The van der Waals surface area contributed by atoms with Gasteiger partial charge >= 0.3 is 0 Å². The summed E-state index contributed by atoms with van der Waals surface area (Å²) in [6, 6.07) is 6.78. The topological polar surface area (TPSA) is 28.7 Å². The molecule has 0 radical (unpaired) electrons. The molecule has 0 saturated heterocycles. The molecule has 0 fully saturated rings. The largest absolute Gasteiger partial charge is 0.280 e. The number of hydrogen-bond donors (Lipinski definition) is 1. The lowest BCUT2D eigenvalue weighted by atomic mass is 10.1. The van der Waals surface area contributed by atoms with E-state index in [0.717, 1.165) is 0 Å². The van der Waals surface area contributed by atoms with Crippen molar-refractivity contribution in [2.45, 2.75) is 6.43 Å². The van der Waals surface area contributed by atoms with Crippen molar-refractivity contribution in [1.29, 1.82) is 0 Å². The minimum absolute atomic E-state index is 0.174. The molecule has 0 atom stereocenters. The van der Waals surface area contributed by atoms with E-state index in [1.54, 1.807) is 24.3 Å². The lowest BCUT2D eigenvalue weighted by Gasteiger charge is -2.03. The summed E-state index contributed by atoms with van der Waals surface area (Å²) < 4.78 is 25.9. The highest BCUT2D eigenvalue weighted by atomic mass is 127. The van der Waals surface area contributed by atoms with Crippen LogP contribution in [0.1, 0.15) is 12.1 Å². The molecule has 0 unspecified atom stereocenters. The monoisotopic (exact) mass is 354 g/mol. The number of aromatic amines is 1. The zero-order valence-electron chi connectivity index (χ0n) is 7.85. The van der Waals surface area contributed by atoms with E-state index >= 15 is 0 Å². The molecule has 1 aromatic heterocycles. The highest BCUT2D eigenvalue weighted by Gasteiger charge is 2.20. The molecule has 0 bridgehead atoms. The van der Waals surface area contributed by atoms with E-state index in [4.69, 9.17) is 11.6 Å². The van der Waals surface area contributed by atoms with Crippen molar-refractivity contribution in [1.82, 2.24) is 10.2 Å². The van der Waals surface area contributed by atoms with Crippen molar-refractivity contribution in [3.8, 4) is 11.1 Å². The van der Waals surface area contributed by atoms with Gasteiger partial charge in [-0.3, -0.25) is 5.10 Å². The summed E-state index contributed by atoms with van der Waals surface area (Å²) >= 11 is 7.74. The summed E-state index contributed by atoms with van der Waals surface area (Å²) in [5, 5.41) is 6.63. The Morgan fingerprint density at radius 3 is 2.75 bits per heavy atom. The van der Waals surface area contributed by atoms with Gasteiger partial charge in [0.05, 0.1) is 0 Å².